The number of amides is 2. The van der Waals surface area contributed by atoms with Crippen molar-refractivity contribution in [3.8, 4) is 17.2 Å². The molecule has 3 rings (SSSR count). The highest BCUT2D eigenvalue weighted by molar-refractivity contribution is 6.02. The van der Waals surface area contributed by atoms with Crippen molar-refractivity contribution in [1.29, 1.82) is 0 Å². The molecule has 3 aromatic rings. The first kappa shape index (κ1) is 22.9. The van der Waals surface area contributed by atoms with Crippen LogP contribution in [0, 0.1) is 13.8 Å². The van der Waals surface area contributed by atoms with Gasteiger partial charge in [0.2, 0.25) is 5.75 Å². The Hall–Kier alpha value is -3.82. The molecular weight excluding hydrogens is 414 g/mol. The summed E-state index contributed by atoms with van der Waals surface area (Å²) in [6.07, 6.45) is 1.41. The fourth-order valence-corrected chi connectivity index (χ4v) is 3.20. The summed E-state index contributed by atoms with van der Waals surface area (Å²) >= 11 is 0. The predicted octanol–water partition coefficient (Wildman–Crippen LogP) is 2.62. The molecule has 0 aliphatic carbocycles. The van der Waals surface area contributed by atoms with E-state index in [0.717, 1.165) is 11.4 Å². The maximum absolute atomic E-state index is 12.8. The number of rotatable bonds is 8. The lowest BCUT2D eigenvalue weighted by molar-refractivity contribution is 0.0847. The van der Waals surface area contributed by atoms with Gasteiger partial charge in [0, 0.05) is 17.0 Å². The molecule has 0 saturated heterocycles. The largest absolute Gasteiger partial charge is 0.490 e. The van der Waals surface area contributed by atoms with Crippen LogP contribution >= 0.6 is 0 Å². The first-order valence-corrected chi connectivity index (χ1v) is 10.4. The Morgan fingerprint density at radius 1 is 0.906 bits per heavy atom. The van der Waals surface area contributed by atoms with E-state index >= 15 is 0 Å². The number of carbonyl (C=O) groups excluding carboxylic acids is 2. The molecule has 2 amide bonds. The van der Waals surface area contributed by atoms with Gasteiger partial charge in [-0.25, -0.2) is 9.50 Å². The number of fused-ring (bicyclic) bond motifs is 1. The van der Waals surface area contributed by atoms with E-state index in [-0.39, 0.29) is 11.1 Å². The van der Waals surface area contributed by atoms with E-state index in [2.05, 4.69) is 20.9 Å². The van der Waals surface area contributed by atoms with Crippen molar-refractivity contribution in [3.63, 3.8) is 0 Å². The number of aryl methyl sites for hydroxylation is 2. The van der Waals surface area contributed by atoms with Crippen molar-refractivity contribution in [2.24, 2.45) is 0 Å². The van der Waals surface area contributed by atoms with Crippen LogP contribution in [0.25, 0.3) is 5.65 Å². The zero-order chi connectivity index (χ0) is 23.3. The summed E-state index contributed by atoms with van der Waals surface area (Å²) in [4.78, 5) is 29.8. The molecule has 0 saturated carbocycles. The molecule has 0 spiro atoms. The van der Waals surface area contributed by atoms with Crippen molar-refractivity contribution >= 4 is 17.5 Å². The highest BCUT2D eigenvalue weighted by Gasteiger charge is 2.20. The minimum Gasteiger partial charge on any atom is -0.490 e. The number of aromatic nitrogens is 3. The Balaban J connectivity index is 1.82. The average molecular weight is 441 g/mol. The summed E-state index contributed by atoms with van der Waals surface area (Å²) < 4.78 is 18.5. The molecule has 0 bridgehead atoms. The molecule has 2 aromatic heterocycles. The Bertz CT molecular complexity index is 1110. The highest BCUT2D eigenvalue weighted by Crippen LogP contribution is 2.39. The van der Waals surface area contributed by atoms with E-state index in [4.69, 9.17) is 14.2 Å². The van der Waals surface area contributed by atoms with Crippen LogP contribution in [0.5, 0.6) is 17.2 Å². The van der Waals surface area contributed by atoms with Crippen molar-refractivity contribution < 1.29 is 23.8 Å². The Morgan fingerprint density at radius 3 is 2.09 bits per heavy atom. The topological polar surface area (TPSA) is 116 Å². The van der Waals surface area contributed by atoms with Crippen LogP contribution in [0.4, 0.5) is 0 Å². The van der Waals surface area contributed by atoms with Crippen LogP contribution < -0.4 is 25.1 Å². The van der Waals surface area contributed by atoms with Gasteiger partial charge in [-0.2, -0.15) is 5.10 Å². The number of hydrazine groups is 1. The maximum Gasteiger partial charge on any atom is 0.275 e. The van der Waals surface area contributed by atoms with Gasteiger partial charge in [-0.05, 0) is 52.8 Å². The summed E-state index contributed by atoms with van der Waals surface area (Å²) in [6, 6.07) is 4.95. The van der Waals surface area contributed by atoms with E-state index < -0.39 is 11.8 Å². The van der Waals surface area contributed by atoms with E-state index in [1.807, 2.05) is 40.7 Å². The van der Waals surface area contributed by atoms with Gasteiger partial charge in [0.1, 0.15) is 5.56 Å². The molecule has 0 atom stereocenters. The summed E-state index contributed by atoms with van der Waals surface area (Å²) in [7, 11) is 0. The second-order valence-corrected chi connectivity index (χ2v) is 6.84. The van der Waals surface area contributed by atoms with Crippen molar-refractivity contribution in [1.82, 2.24) is 25.4 Å². The fourth-order valence-electron chi connectivity index (χ4n) is 3.20. The van der Waals surface area contributed by atoms with E-state index in [1.165, 1.54) is 6.20 Å². The molecular formula is C22H27N5O5. The molecule has 1 aromatic carbocycles. The molecule has 10 heteroatoms. The van der Waals surface area contributed by atoms with Crippen LogP contribution in [0.1, 0.15) is 52.9 Å². The van der Waals surface area contributed by atoms with Gasteiger partial charge >= 0.3 is 0 Å². The molecule has 2 heterocycles. The smallest absolute Gasteiger partial charge is 0.275 e. The predicted molar refractivity (Wildman–Crippen MR) is 117 cm³/mol. The molecule has 0 radical (unpaired) electrons. The van der Waals surface area contributed by atoms with Gasteiger partial charge < -0.3 is 14.2 Å². The standard InChI is InChI=1S/C22H27N5O5/c1-6-30-17-10-15(11-18(31-7-2)19(17)32-8-3)21(28)25-26-22(29)16-12-23-27-14(5)9-13(4)24-20(16)27/h9-12H,6-8H2,1-5H3,(H,25,28)(H,26,29). The zero-order valence-electron chi connectivity index (χ0n) is 18.8. The molecule has 0 aliphatic heterocycles. The van der Waals surface area contributed by atoms with E-state index in [0.29, 0.717) is 42.7 Å². The molecule has 0 unspecified atom stereocenters. The van der Waals surface area contributed by atoms with Gasteiger partial charge in [0.15, 0.2) is 17.1 Å². The van der Waals surface area contributed by atoms with Gasteiger partial charge in [-0.3, -0.25) is 20.4 Å². The van der Waals surface area contributed by atoms with E-state index in [9.17, 15) is 9.59 Å². The number of nitrogens with zero attached hydrogens (tertiary/aromatic N) is 3. The quantitative estimate of drug-likeness (QED) is 0.516. The van der Waals surface area contributed by atoms with Crippen LogP contribution in [0.15, 0.2) is 24.4 Å². The fraction of sp³-hybridized carbons (Fsp3) is 0.364. The van der Waals surface area contributed by atoms with Gasteiger partial charge in [-0.1, -0.05) is 0 Å². The highest BCUT2D eigenvalue weighted by atomic mass is 16.5. The number of hydrogen-bond donors (Lipinski definition) is 2. The number of nitrogens with one attached hydrogen (secondary N) is 2. The third-order valence-electron chi connectivity index (χ3n) is 4.48. The summed E-state index contributed by atoms with van der Waals surface area (Å²) in [5.74, 6) is 0.121. The Labute approximate surface area is 185 Å². The third-order valence-corrected chi connectivity index (χ3v) is 4.48. The zero-order valence-corrected chi connectivity index (χ0v) is 18.8. The van der Waals surface area contributed by atoms with Crippen molar-refractivity contribution in [3.05, 3.63) is 46.9 Å². The second-order valence-electron chi connectivity index (χ2n) is 6.84. The normalized spacial score (nSPS) is 10.7. The summed E-state index contributed by atoms with van der Waals surface area (Å²) in [6.45, 7) is 10.4. The van der Waals surface area contributed by atoms with Crippen LogP contribution in [-0.2, 0) is 0 Å². The van der Waals surface area contributed by atoms with E-state index in [1.54, 1.807) is 16.6 Å². The molecule has 0 aliphatic rings. The number of carbonyl (C=O) groups is 2. The first-order chi connectivity index (χ1) is 15.4. The Morgan fingerprint density at radius 2 is 1.50 bits per heavy atom. The Kier molecular flexibility index (Phi) is 7.14. The van der Waals surface area contributed by atoms with Gasteiger partial charge in [-0.15, -0.1) is 0 Å². The third kappa shape index (κ3) is 4.74. The first-order valence-electron chi connectivity index (χ1n) is 10.4. The minimum atomic E-state index is -0.542. The van der Waals surface area contributed by atoms with Crippen LogP contribution in [-0.4, -0.2) is 46.2 Å². The van der Waals surface area contributed by atoms with Crippen molar-refractivity contribution in [2.75, 3.05) is 19.8 Å². The molecule has 2 N–H and O–H groups in total. The minimum absolute atomic E-state index is 0.241. The van der Waals surface area contributed by atoms with Gasteiger partial charge in [0.05, 0.1) is 26.0 Å². The number of hydrogen-bond acceptors (Lipinski definition) is 7. The molecule has 32 heavy (non-hydrogen) atoms. The summed E-state index contributed by atoms with van der Waals surface area (Å²) in [5.41, 5.74) is 7.33. The second kappa shape index (κ2) is 9.99. The number of ether oxygens (including phenoxy) is 3. The molecule has 10 nitrogen and oxygen atoms in total. The lowest BCUT2D eigenvalue weighted by Gasteiger charge is -2.17. The van der Waals surface area contributed by atoms with Gasteiger partial charge in [0.25, 0.3) is 11.8 Å². The average Bonchev–Trinajstić information content (AvgIpc) is 3.18. The molecule has 170 valence electrons. The van der Waals surface area contributed by atoms with Crippen LogP contribution in [0.3, 0.4) is 0 Å². The van der Waals surface area contributed by atoms with Crippen molar-refractivity contribution in [2.45, 2.75) is 34.6 Å². The SMILES string of the molecule is CCOc1cc(C(=O)NNC(=O)c2cnn3c(C)cc(C)nc23)cc(OCC)c1OCC. The monoisotopic (exact) mass is 441 g/mol. The lowest BCUT2D eigenvalue weighted by Crippen LogP contribution is -2.41. The summed E-state index contributed by atoms with van der Waals surface area (Å²) in [5, 5.41) is 4.19. The molecule has 0 fully saturated rings. The van der Waals surface area contributed by atoms with Crippen LogP contribution in [0.2, 0.25) is 0 Å². The lowest BCUT2D eigenvalue weighted by atomic mass is 10.1. The number of benzene rings is 1. The maximum atomic E-state index is 12.8.